The van der Waals surface area contributed by atoms with Crippen molar-refractivity contribution in [1.29, 1.82) is 0 Å². The molecule has 1 heteroatoms. The molecule has 0 aliphatic rings. The summed E-state index contributed by atoms with van der Waals surface area (Å²) in [7, 11) is 0. The fraction of sp³-hybridized carbons (Fsp3) is 1.00. The van der Waals surface area contributed by atoms with Gasteiger partial charge >= 0.3 is 0 Å². The first-order chi connectivity index (χ1) is 9.85. The third kappa shape index (κ3) is 14.4. The van der Waals surface area contributed by atoms with E-state index in [2.05, 4.69) is 26.1 Å². The Morgan fingerprint density at radius 3 is 1.65 bits per heavy atom. The van der Waals surface area contributed by atoms with E-state index in [4.69, 9.17) is 0 Å². The Balaban J connectivity index is 3.27. The summed E-state index contributed by atoms with van der Waals surface area (Å²) < 4.78 is 0. The van der Waals surface area contributed by atoms with Gasteiger partial charge in [-0.05, 0) is 31.8 Å². The number of hydrogen-bond donors (Lipinski definition) is 1. The van der Waals surface area contributed by atoms with Crippen LogP contribution >= 0.6 is 0 Å². The molecule has 0 aromatic rings. The second-order valence-electron chi connectivity index (χ2n) is 6.43. The minimum absolute atomic E-state index is 0.925. The fourth-order valence-electron chi connectivity index (χ4n) is 3.03. The second kappa shape index (κ2) is 17.0. The molecule has 0 radical (unpaired) electrons. The van der Waals surface area contributed by atoms with Gasteiger partial charge < -0.3 is 5.32 Å². The molecule has 20 heavy (non-hydrogen) atoms. The quantitative estimate of drug-likeness (QED) is 0.327. The minimum Gasteiger partial charge on any atom is -0.317 e. The smallest absolute Gasteiger partial charge is 0.00206 e. The van der Waals surface area contributed by atoms with Gasteiger partial charge in [-0.1, -0.05) is 91.4 Å². The molecule has 0 amide bonds. The Hall–Kier alpha value is -0.0400. The van der Waals surface area contributed by atoms with Crippen molar-refractivity contribution in [2.75, 3.05) is 13.1 Å². The van der Waals surface area contributed by atoms with Crippen LogP contribution in [0.25, 0.3) is 0 Å². The predicted octanol–water partition coefficient (Wildman–Crippen LogP) is 6.32. The van der Waals surface area contributed by atoms with E-state index >= 15 is 0 Å². The van der Waals surface area contributed by atoms with Crippen LogP contribution in [0.2, 0.25) is 0 Å². The SMILES string of the molecule is CCCCCCCCCCCCC(CCC)CNCC. The van der Waals surface area contributed by atoms with Gasteiger partial charge in [0.15, 0.2) is 0 Å². The third-order valence-electron chi connectivity index (χ3n) is 4.35. The fourth-order valence-corrected chi connectivity index (χ4v) is 3.03. The van der Waals surface area contributed by atoms with Crippen molar-refractivity contribution in [2.45, 2.75) is 104 Å². The first-order valence-corrected chi connectivity index (χ1v) is 9.55. The molecule has 0 aliphatic heterocycles. The molecule has 0 aliphatic carbocycles. The van der Waals surface area contributed by atoms with E-state index in [1.54, 1.807) is 0 Å². The van der Waals surface area contributed by atoms with Crippen LogP contribution in [0.4, 0.5) is 0 Å². The van der Waals surface area contributed by atoms with Gasteiger partial charge in [-0.2, -0.15) is 0 Å². The van der Waals surface area contributed by atoms with Crippen molar-refractivity contribution in [1.82, 2.24) is 5.32 Å². The summed E-state index contributed by atoms with van der Waals surface area (Å²) in [5.74, 6) is 0.925. The molecule has 0 heterocycles. The predicted molar refractivity (Wildman–Crippen MR) is 93.4 cm³/mol. The highest BCUT2D eigenvalue weighted by Crippen LogP contribution is 2.16. The molecular weight excluding hydrogens is 242 g/mol. The van der Waals surface area contributed by atoms with Crippen molar-refractivity contribution in [3.63, 3.8) is 0 Å². The molecule has 0 bridgehead atoms. The maximum Gasteiger partial charge on any atom is -0.00206 e. The number of unbranched alkanes of at least 4 members (excludes halogenated alkanes) is 9. The summed E-state index contributed by atoms with van der Waals surface area (Å²) in [4.78, 5) is 0. The highest BCUT2D eigenvalue weighted by molar-refractivity contribution is 4.62. The molecule has 0 aromatic carbocycles. The molecular formula is C19H41N. The van der Waals surface area contributed by atoms with Gasteiger partial charge in [-0.25, -0.2) is 0 Å². The molecule has 122 valence electrons. The molecule has 1 nitrogen and oxygen atoms in total. The largest absolute Gasteiger partial charge is 0.317 e. The highest BCUT2D eigenvalue weighted by Gasteiger charge is 2.06. The number of nitrogens with one attached hydrogen (secondary N) is 1. The molecule has 0 aromatic heterocycles. The van der Waals surface area contributed by atoms with Gasteiger partial charge in [0.05, 0.1) is 0 Å². The molecule has 0 saturated heterocycles. The Morgan fingerprint density at radius 2 is 1.15 bits per heavy atom. The Morgan fingerprint density at radius 1 is 0.600 bits per heavy atom. The number of rotatable bonds is 16. The molecule has 1 N–H and O–H groups in total. The Bertz CT molecular complexity index is 167. The average Bonchev–Trinajstić information content (AvgIpc) is 2.46. The van der Waals surface area contributed by atoms with Crippen LogP contribution < -0.4 is 5.32 Å². The summed E-state index contributed by atoms with van der Waals surface area (Å²) in [6, 6.07) is 0. The van der Waals surface area contributed by atoms with Crippen LogP contribution in [-0.2, 0) is 0 Å². The standard InChI is InChI=1S/C19H41N/c1-4-7-8-9-10-11-12-13-14-15-17-19(16-5-2)18-20-6-3/h19-20H,4-18H2,1-3H3. The second-order valence-corrected chi connectivity index (χ2v) is 6.43. The summed E-state index contributed by atoms with van der Waals surface area (Å²) >= 11 is 0. The van der Waals surface area contributed by atoms with Crippen LogP contribution in [0, 0.1) is 5.92 Å². The first kappa shape index (κ1) is 20.0. The zero-order valence-corrected chi connectivity index (χ0v) is 14.7. The van der Waals surface area contributed by atoms with Gasteiger partial charge in [-0.15, -0.1) is 0 Å². The van der Waals surface area contributed by atoms with Crippen LogP contribution in [0.5, 0.6) is 0 Å². The van der Waals surface area contributed by atoms with Gasteiger partial charge in [-0.3, -0.25) is 0 Å². The van der Waals surface area contributed by atoms with Crippen LogP contribution in [0.15, 0.2) is 0 Å². The topological polar surface area (TPSA) is 12.0 Å². The summed E-state index contributed by atoms with van der Waals surface area (Å²) in [6.07, 6.45) is 18.7. The van der Waals surface area contributed by atoms with E-state index in [-0.39, 0.29) is 0 Å². The number of hydrogen-bond acceptors (Lipinski definition) is 1. The average molecular weight is 284 g/mol. The van der Waals surface area contributed by atoms with Crippen molar-refractivity contribution < 1.29 is 0 Å². The van der Waals surface area contributed by atoms with Crippen molar-refractivity contribution in [3.05, 3.63) is 0 Å². The Kier molecular flexibility index (Phi) is 17.0. The van der Waals surface area contributed by atoms with Crippen molar-refractivity contribution in [3.8, 4) is 0 Å². The van der Waals surface area contributed by atoms with Crippen LogP contribution in [0.1, 0.15) is 104 Å². The van der Waals surface area contributed by atoms with E-state index in [1.807, 2.05) is 0 Å². The first-order valence-electron chi connectivity index (χ1n) is 9.55. The van der Waals surface area contributed by atoms with Gasteiger partial charge in [0.2, 0.25) is 0 Å². The molecule has 1 atom stereocenters. The lowest BCUT2D eigenvalue weighted by atomic mass is 9.95. The Labute approximate surface area is 129 Å². The monoisotopic (exact) mass is 283 g/mol. The third-order valence-corrected chi connectivity index (χ3v) is 4.35. The maximum absolute atomic E-state index is 3.52. The lowest BCUT2D eigenvalue weighted by molar-refractivity contribution is 0.398. The zero-order valence-electron chi connectivity index (χ0n) is 14.7. The highest BCUT2D eigenvalue weighted by atomic mass is 14.8. The van der Waals surface area contributed by atoms with Gasteiger partial charge in [0.25, 0.3) is 0 Å². The van der Waals surface area contributed by atoms with Gasteiger partial charge in [0, 0.05) is 0 Å². The van der Waals surface area contributed by atoms with Crippen molar-refractivity contribution in [2.24, 2.45) is 5.92 Å². The molecule has 0 saturated carbocycles. The van der Waals surface area contributed by atoms with E-state index in [0.717, 1.165) is 12.5 Å². The van der Waals surface area contributed by atoms with E-state index in [1.165, 1.54) is 90.0 Å². The van der Waals surface area contributed by atoms with Crippen LogP contribution in [0.3, 0.4) is 0 Å². The van der Waals surface area contributed by atoms with Crippen molar-refractivity contribution >= 4 is 0 Å². The van der Waals surface area contributed by atoms with Gasteiger partial charge in [0.1, 0.15) is 0 Å². The lowest BCUT2D eigenvalue weighted by Crippen LogP contribution is -2.22. The normalized spacial score (nSPS) is 12.8. The molecule has 0 spiro atoms. The summed E-state index contributed by atoms with van der Waals surface area (Å²) in [6.45, 7) is 9.18. The summed E-state index contributed by atoms with van der Waals surface area (Å²) in [5, 5.41) is 3.52. The van der Waals surface area contributed by atoms with E-state index in [9.17, 15) is 0 Å². The lowest BCUT2D eigenvalue weighted by Gasteiger charge is -2.16. The minimum atomic E-state index is 0.925. The zero-order chi connectivity index (χ0) is 14.9. The van der Waals surface area contributed by atoms with E-state index in [0.29, 0.717) is 0 Å². The molecule has 0 rings (SSSR count). The van der Waals surface area contributed by atoms with E-state index < -0.39 is 0 Å². The molecule has 1 unspecified atom stereocenters. The molecule has 0 fully saturated rings. The summed E-state index contributed by atoms with van der Waals surface area (Å²) in [5.41, 5.74) is 0. The van der Waals surface area contributed by atoms with Crippen LogP contribution in [-0.4, -0.2) is 13.1 Å². The maximum atomic E-state index is 3.52.